The largest absolute Gasteiger partial charge is 0.508 e. The van der Waals surface area contributed by atoms with Crippen LogP contribution in [0.15, 0.2) is 59.7 Å². The summed E-state index contributed by atoms with van der Waals surface area (Å²) in [7, 11) is 0. The summed E-state index contributed by atoms with van der Waals surface area (Å²) in [6.45, 7) is 0.373. The summed E-state index contributed by atoms with van der Waals surface area (Å²) in [5, 5.41) is 15.4. The van der Waals surface area contributed by atoms with Crippen LogP contribution in [0.4, 0.5) is 0 Å². The number of benzene rings is 2. The molecule has 0 heterocycles. The Bertz CT molecular complexity index is 682. The molecule has 2 aromatic carbocycles. The van der Waals surface area contributed by atoms with E-state index in [1.165, 1.54) is 18.3 Å². The Morgan fingerprint density at radius 2 is 1.70 bits per heavy atom. The summed E-state index contributed by atoms with van der Waals surface area (Å²) < 4.78 is 0. The number of carbonyl (C=O) groups is 2. The Labute approximate surface area is 133 Å². The Morgan fingerprint density at radius 3 is 2.39 bits per heavy atom. The molecular formula is C17H17N3O3. The molecule has 3 N–H and O–H groups in total. The Morgan fingerprint density at radius 1 is 1.00 bits per heavy atom. The number of aromatic hydroxyl groups is 1. The molecule has 0 bridgehead atoms. The van der Waals surface area contributed by atoms with Gasteiger partial charge in [-0.15, -0.1) is 0 Å². The molecule has 118 valence electrons. The fourth-order valence-electron chi connectivity index (χ4n) is 1.82. The van der Waals surface area contributed by atoms with E-state index in [1.54, 1.807) is 12.1 Å². The minimum atomic E-state index is -0.826. The van der Waals surface area contributed by atoms with Crippen molar-refractivity contribution >= 4 is 18.0 Å². The topological polar surface area (TPSA) is 90.8 Å². The van der Waals surface area contributed by atoms with Gasteiger partial charge < -0.3 is 10.4 Å². The number of amides is 2. The second-order valence-corrected chi connectivity index (χ2v) is 4.78. The fraction of sp³-hybridized carbons (Fsp3) is 0.118. The fourth-order valence-corrected chi connectivity index (χ4v) is 1.82. The van der Waals surface area contributed by atoms with Crippen molar-refractivity contribution < 1.29 is 14.7 Å². The molecule has 0 aromatic heterocycles. The molecule has 0 aliphatic heterocycles. The van der Waals surface area contributed by atoms with Gasteiger partial charge in [0.1, 0.15) is 5.75 Å². The lowest BCUT2D eigenvalue weighted by Gasteiger charge is -2.04. The van der Waals surface area contributed by atoms with Gasteiger partial charge in [0, 0.05) is 6.54 Å². The van der Waals surface area contributed by atoms with Crippen LogP contribution in [-0.2, 0) is 16.0 Å². The van der Waals surface area contributed by atoms with E-state index in [0.717, 1.165) is 5.56 Å². The maximum atomic E-state index is 11.6. The smallest absolute Gasteiger partial charge is 0.329 e. The average molecular weight is 311 g/mol. The van der Waals surface area contributed by atoms with Crippen LogP contribution in [0.5, 0.6) is 5.75 Å². The molecule has 0 atom stereocenters. The molecule has 0 spiro atoms. The molecule has 2 amide bonds. The minimum absolute atomic E-state index is 0.143. The van der Waals surface area contributed by atoms with Crippen molar-refractivity contribution in [2.24, 2.45) is 5.10 Å². The highest BCUT2D eigenvalue weighted by atomic mass is 16.3. The van der Waals surface area contributed by atoms with Crippen LogP contribution in [0, 0.1) is 0 Å². The van der Waals surface area contributed by atoms with Crippen molar-refractivity contribution in [3.63, 3.8) is 0 Å². The van der Waals surface area contributed by atoms with Crippen LogP contribution in [0.2, 0.25) is 0 Å². The number of nitrogens with zero attached hydrogens (tertiary/aromatic N) is 1. The third-order valence-corrected chi connectivity index (χ3v) is 3.02. The molecule has 23 heavy (non-hydrogen) atoms. The SMILES string of the molecule is O=C(NCCc1ccccc1)C(=O)N/N=C/c1ccc(O)cc1. The first-order valence-corrected chi connectivity index (χ1v) is 7.09. The van der Waals surface area contributed by atoms with Gasteiger partial charge in [-0.05, 0) is 41.8 Å². The van der Waals surface area contributed by atoms with Gasteiger partial charge in [0.2, 0.25) is 0 Å². The van der Waals surface area contributed by atoms with Gasteiger partial charge in [0.15, 0.2) is 0 Å². The van der Waals surface area contributed by atoms with Crippen LogP contribution >= 0.6 is 0 Å². The third kappa shape index (κ3) is 5.62. The lowest BCUT2D eigenvalue weighted by molar-refractivity contribution is -0.139. The molecule has 6 nitrogen and oxygen atoms in total. The highest BCUT2D eigenvalue weighted by Crippen LogP contribution is 2.07. The van der Waals surface area contributed by atoms with E-state index >= 15 is 0 Å². The van der Waals surface area contributed by atoms with Gasteiger partial charge in [-0.2, -0.15) is 5.10 Å². The first kappa shape index (κ1) is 16.2. The number of hydrogen-bond donors (Lipinski definition) is 3. The van der Waals surface area contributed by atoms with Crippen LogP contribution < -0.4 is 10.7 Å². The normalized spacial score (nSPS) is 10.4. The zero-order valence-corrected chi connectivity index (χ0v) is 12.4. The number of phenolic OH excluding ortho intramolecular Hbond substituents is 1. The predicted molar refractivity (Wildman–Crippen MR) is 87.0 cm³/mol. The van der Waals surface area contributed by atoms with E-state index in [1.807, 2.05) is 30.3 Å². The second-order valence-electron chi connectivity index (χ2n) is 4.78. The van der Waals surface area contributed by atoms with Gasteiger partial charge >= 0.3 is 11.8 Å². The zero-order valence-electron chi connectivity index (χ0n) is 12.4. The molecule has 2 rings (SSSR count). The standard InChI is InChI=1S/C17H17N3O3/c21-15-8-6-14(7-9-15)12-19-20-17(23)16(22)18-11-10-13-4-2-1-3-5-13/h1-9,12,21H,10-11H2,(H,18,22)(H,20,23)/b19-12+. The molecule has 0 aliphatic rings. The van der Waals surface area contributed by atoms with Crippen molar-refractivity contribution in [3.8, 4) is 5.75 Å². The molecule has 2 aromatic rings. The number of rotatable bonds is 5. The summed E-state index contributed by atoms with van der Waals surface area (Å²) in [5.74, 6) is -1.42. The molecule has 0 unspecified atom stereocenters. The number of nitrogens with one attached hydrogen (secondary N) is 2. The number of hydrazone groups is 1. The van der Waals surface area contributed by atoms with Gasteiger partial charge in [0.25, 0.3) is 0 Å². The van der Waals surface area contributed by atoms with E-state index in [2.05, 4.69) is 15.8 Å². The Balaban J connectivity index is 1.72. The van der Waals surface area contributed by atoms with Crippen LogP contribution in [0.1, 0.15) is 11.1 Å². The van der Waals surface area contributed by atoms with E-state index in [-0.39, 0.29) is 5.75 Å². The highest BCUT2D eigenvalue weighted by Gasteiger charge is 2.11. The molecule has 0 saturated heterocycles. The molecule has 0 saturated carbocycles. The Kier molecular flexibility index (Phi) is 5.88. The highest BCUT2D eigenvalue weighted by molar-refractivity contribution is 6.35. The van der Waals surface area contributed by atoms with Gasteiger partial charge in [0.05, 0.1) is 6.21 Å². The second kappa shape index (κ2) is 8.33. The summed E-state index contributed by atoms with van der Waals surface area (Å²) >= 11 is 0. The van der Waals surface area contributed by atoms with Crippen molar-refractivity contribution in [3.05, 3.63) is 65.7 Å². The van der Waals surface area contributed by atoms with Crippen LogP contribution in [0.25, 0.3) is 0 Å². The van der Waals surface area contributed by atoms with E-state index in [9.17, 15) is 9.59 Å². The van der Waals surface area contributed by atoms with Gasteiger partial charge in [-0.1, -0.05) is 30.3 Å². The first-order valence-electron chi connectivity index (χ1n) is 7.09. The van der Waals surface area contributed by atoms with Crippen molar-refractivity contribution in [2.75, 3.05) is 6.54 Å². The summed E-state index contributed by atoms with van der Waals surface area (Å²) in [6, 6.07) is 15.9. The van der Waals surface area contributed by atoms with E-state index in [4.69, 9.17) is 5.11 Å². The molecule has 0 aliphatic carbocycles. The monoisotopic (exact) mass is 311 g/mol. The quantitative estimate of drug-likeness (QED) is 0.440. The zero-order chi connectivity index (χ0) is 16.5. The maximum Gasteiger partial charge on any atom is 0.329 e. The van der Waals surface area contributed by atoms with Crippen LogP contribution in [-0.4, -0.2) is 29.7 Å². The first-order chi connectivity index (χ1) is 11.1. The minimum Gasteiger partial charge on any atom is -0.508 e. The summed E-state index contributed by atoms with van der Waals surface area (Å²) in [6.07, 6.45) is 2.03. The average Bonchev–Trinajstić information content (AvgIpc) is 2.57. The maximum absolute atomic E-state index is 11.6. The van der Waals surface area contributed by atoms with E-state index < -0.39 is 11.8 Å². The summed E-state index contributed by atoms with van der Waals surface area (Å²) in [4.78, 5) is 23.1. The Hall–Kier alpha value is -3.15. The lowest BCUT2D eigenvalue weighted by Crippen LogP contribution is -2.38. The van der Waals surface area contributed by atoms with Gasteiger partial charge in [-0.25, -0.2) is 5.43 Å². The van der Waals surface area contributed by atoms with Gasteiger partial charge in [-0.3, -0.25) is 9.59 Å². The number of hydrogen-bond acceptors (Lipinski definition) is 4. The lowest BCUT2D eigenvalue weighted by atomic mass is 10.1. The summed E-state index contributed by atoms with van der Waals surface area (Å²) in [5.41, 5.74) is 3.92. The third-order valence-electron chi connectivity index (χ3n) is 3.02. The van der Waals surface area contributed by atoms with Crippen LogP contribution in [0.3, 0.4) is 0 Å². The number of carbonyl (C=O) groups excluding carboxylic acids is 2. The molecule has 6 heteroatoms. The predicted octanol–water partition coefficient (Wildman–Crippen LogP) is 1.20. The molecule has 0 fully saturated rings. The van der Waals surface area contributed by atoms with Crippen molar-refractivity contribution in [2.45, 2.75) is 6.42 Å². The molecular weight excluding hydrogens is 294 g/mol. The van der Waals surface area contributed by atoms with Crippen molar-refractivity contribution in [1.29, 1.82) is 0 Å². The molecule has 0 radical (unpaired) electrons. The van der Waals surface area contributed by atoms with Crippen molar-refractivity contribution in [1.82, 2.24) is 10.7 Å². The van der Waals surface area contributed by atoms with E-state index in [0.29, 0.717) is 18.5 Å². The number of phenols is 1.